The molecule has 20 heavy (non-hydrogen) atoms. The smallest absolute Gasteiger partial charge is 0.333 e. The molecule has 112 valence electrons. The molecule has 1 aliphatic rings. The number of hydrogen-bond acceptors (Lipinski definition) is 2. The predicted molar refractivity (Wildman–Crippen MR) is 84.5 cm³/mol. The van der Waals surface area contributed by atoms with E-state index < -0.39 is 0 Å². The van der Waals surface area contributed by atoms with E-state index in [9.17, 15) is 4.79 Å². The molecule has 0 aromatic heterocycles. The second-order valence-corrected chi connectivity index (χ2v) is 5.19. The molecule has 0 unspecified atom stereocenters. The summed E-state index contributed by atoms with van der Waals surface area (Å²) in [4.78, 5) is 11.9. The van der Waals surface area contributed by atoms with E-state index in [0.717, 1.165) is 50.5 Å². The van der Waals surface area contributed by atoms with Crippen LogP contribution in [0.15, 0.2) is 36.0 Å². The van der Waals surface area contributed by atoms with Crippen LogP contribution in [-0.2, 0) is 9.53 Å². The first-order chi connectivity index (χ1) is 9.84. The summed E-state index contributed by atoms with van der Waals surface area (Å²) in [5.74, 6) is -0.117. The molecular formula is C18H28O2. The first-order valence-electron chi connectivity index (χ1n) is 8.02. The van der Waals surface area contributed by atoms with Gasteiger partial charge in [0.15, 0.2) is 0 Å². The van der Waals surface area contributed by atoms with Gasteiger partial charge in [-0.15, -0.1) is 0 Å². The molecule has 2 heteroatoms. The van der Waals surface area contributed by atoms with Crippen molar-refractivity contribution in [3.05, 3.63) is 36.0 Å². The van der Waals surface area contributed by atoms with Gasteiger partial charge in [0.05, 0.1) is 6.61 Å². The standard InChI is InChI=1S/C18H28O2/c1-2-20-18(19)17-15-13-11-9-7-5-3-4-6-8-10-12-14-16-17/h3-5,7,16H,2,6,8-15H2,1H3/b4-3+,7-5-,17-16+. The summed E-state index contributed by atoms with van der Waals surface area (Å²) in [6.45, 7) is 2.33. The van der Waals surface area contributed by atoms with Gasteiger partial charge in [0.1, 0.15) is 0 Å². The Morgan fingerprint density at radius 2 is 1.65 bits per heavy atom. The van der Waals surface area contributed by atoms with Gasteiger partial charge >= 0.3 is 5.97 Å². The molecule has 0 spiro atoms. The van der Waals surface area contributed by atoms with E-state index in [0.29, 0.717) is 6.61 Å². The van der Waals surface area contributed by atoms with Crippen LogP contribution in [-0.4, -0.2) is 12.6 Å². The molecule has 0 aliphatic heterocycles. The van der Waals surface area contributed by atoms with E-state index in [2.05, 4.69) is 30.4 Å². The Morgan fingerprint density at radius 1 is 1.00 bits per heavy atom. The summed E-state index contributed by atoms with van der Waals surface area (Å²) in [5.41, 5.74) is 0.879. The maximum Gasteiger partial charge on any atom is 0.333 e. The lowest BCUT2D eigenvalue weighted by Gasteiger charge is -2.07. The Morgan fingerprint density at radius 3 is 2.35 bits per heavy atom. The zero-order valence-electron chi connectivity index (χ0n) is 12.8. The van der Waals surface area contributed by atoms with Crippen LogP contribution < -0.4 is 0 Å². The van der Waals surface area contributed by atoms with Crippen molar-refractivity contribution in [1.29, 1.82) is 0 Å². The first-order valence-corrected chi connectivity index (χ1v) is 8.02. The zero-order chi connectivity index (χ0) is 14.5. The normalized spacial score (nSPS) is 24.6. The molecule has 1 rings (SSSR count). The molecule has 0 atom stereocenters. The van der Waals surface area contributed by atoms with Crippen molar-refractivity contribution in [2.24, 2.45) is 0 Å². The summed E-state index contributed by atoms with van der Waals surface area (Å²) in [5, 5.41) is 0. The third-order valence-corrected chi connectivity index (χ3v) is 3.45. The largest absolute Gasteiger partial charge is 0.463 e. The van der Waals surface area contributed by atoms with Crippen LogP contribution in [0.5, 0.6) is 0 Å². The van der Waals surface area contributed by atoms with Gasteiger partial charge in [-0.25, -0.2) is 4.79 Å². The molecule has 0 amide bonds. The van der Waals surface area contributed by atoms with Gasteiger partial charge in [0.25, 0.3) is 0 Å². The molecule has 0 saturated carbocycles. The molecule has 0 radical (unpaired) electrons. The van der Waals surface area contributed by atoms with Crippen LogP contribution in [0, 0.1) is 0 Å². The number of rotatable bonds is 2. The Hall–Kier alpha value is -1.31. The number of allylic oxidation sites excluding steroid dienone is 5. The molecule has 0 fully saturated rings. The number of carbonyl (C=O) groups is 1. The summed E-state index contributed by atoms with van der Waals surface area (Å²) in [7, 11) is 0. The molecule has 2 nitrogen and oxygen atoms in total. The van der Waals surface area contributed by atoms with E-state index >= 15 is 0 Å². The van der Waals surface area contributed by atoms with E-state index in [1.54, 1.807) is 0 Å². The summed E-state index contributed by atoms with van der Waals surface area (Å²) < 4.78 is 5.14. The minimum atomic E-state index is -0.117. The van der Waals surface area contributed by atoms with Crippen LogP contribution in [0.4, 0.5) is 0 Å². The SMILES string of the molecule is CCOC(=O)/C1=C/CCCCC/C=C/C=C\CCCC1. The molecule has 0 aromatic carbocycles. The lowest BCUT2D eigenvalue weighted by Crippen LogP contribution is -2.08. The fourth-order valence-electron chi connectivity index (χ4n) is 2.30. The fourth-order valence-corrected chi connectivity index (χ4v) is 2.30. The summed E-state index contributed by atoms with van der Waals surface area (Å²) in [6.07, 6.45) is 20.7. The molecule has 0 N–H and O–H groups in total. The summed E-state index contributed by atoms with van der Waals surface area (Å²) >= 11 is 0. The predicted octanol–water partition coefficient (Wildman–Crippen LogP) is 5.11. The van der Waals surface area contributed by atoms with E-state index in [1.165, 1.54) is 12.8 Å². The number of ether oxygens (including phenoxy) is 1. The van der Waals surface area contributed by atoms with Gasteiger partial charge in [-0.05, 0) is 58.3 Å². The number of esters is 1. The van der Waals surface area contributed by atoms with E-state index in [1.807, 2.05) is 6.92 Å². The minimum absolute atomic E-state index is 0.117. The molecule has 0 bridgehead atoms. The van der Waals surface area contributed by atoms with Crippen LogP contribution >= 0.6 is 0 Å². The highest BCUT2D eigenvalue weighted by molar-refractivity contribution is 5.88. The zero-order valence-corrected chi connectivity index (χ0v) is 12.8. The number of hydrogen-bond donors (Lipinski definition) is 0. The Balaban J connectivity index is 2.52. The molecule has 0 aromatic rings. The lowest BCUT2D eigenvalue weighted by molar-refractivity contribution is -0.138. The average molecular weight is 276 g/mol. The maximum atomic E-state index is 11.9. The van der Waals surface area contributed by atoms with Crippen LogP contribution in [0.2, 0.25) is 0 Å². The van der Waals surface area contributed by atoms with E-state index in [-0.39, 0.29) is 5.97 Å². The highest BCUT2D eigenvalue weighted by Crippen LogP contribution is 2.14. The van der Waals surface area contributed by atoms with Crippen LogP contribution in [0.3, 0.4) is 0 Å². The molecule has 0 heterocycles. The molecule has 1 aliphatic carbocycles. The molecule has 0 saturated heterocycles. The van der Waals surface area contributed by atoms with Gasteiger partial charge in [0.2, 0.25) is 0 Å². The van der Waals surface area contributed by atoms with Gasteiger partial charge in [-0.2, -0.15) is 0 Å². The Labute approximate surface area is 123 Å². The van der Waals surface area contributed by atoms with Crippen molar-refractivity contribution in [3.63, 3.8) is 0 Å². The van der Waals surface area contributed by atoms with Gasteiger partial charge < -0.3 is 4.74 Å². The second kappa shape index (κ2) is 11.5. The van der Waals surface area contributed by atoms with Crippen molar-refractivity contribution in [1.82, 2.24) is 0 Å². The maximum absolute atomic E-state index is 11.9. The third kappa shape index (κ3) is 7.98. The fraction of sp³-hybridized carbons (Fsp3) is 0.611. The summed E-state index contributed by atoms with van der Waals surface area (Å²) in [6, 6.07) is 0. The minimum Gasteiger partial charge on any atom is -0.463 e. The monoisotopic (exact) mass is 276 g/mol. The average Bonchev–Trinajstić information content (AvgIpc) is 2.45. The Bertz CT molecular complexity index is 350. The first kappa shape index (κ1) is 16.7. The van der Waals surface area contributed by atoms with Gasteiger partial charge in [-0.3, -0.25) is 0 Å². The van der Waals surface area contributed by atoms with Crippen molar-refractivity contribution in [3.8, 4) is 0 Å². The van der Waals surface area contributed by atoms with Gasteiger partial charge in [-0.1, -0.05) is 36.8 Å². The van der Waals surface area contributed by atoms with Crippen molar-refractivity contribution < 1.29 is 9.53 Å². The quantitative estimate of drug-likeness (QED) is 0.655. The van der Waals surface area contributed by atoms with E-state index in [4.69, 9.17) is 4.74 Å². The molecular weight excluding hydrogens is 248 g/mol. The third-order valence-electron chi connectivity index (χ3n) is 3.45. The van der Waals surface area contributed by atoms with Crippen molar-refractivity contribution >= 4 is 5.97 Å². The lowest BCUT2D eigenvalue weighted by atomic mass is 10.0. The van der Waals surface area contributed by atoms with Gasteiger partial charge in [0, 0.05) is 5.57 Å². The Kier molecular flexibility index (Phi) is 9.64. The second-order valence-electron chi connectivity index (χ2n) is 5.19. The highest BCUT2D eigenvalue weighted by atomic mass is 16.5. The number of carbonyl (C=O) groups excluding carboxylic acids is 1. The van der Waals surface area contributed by atoms with Crippen LogP contribution in [0.25, 0.3) is 0 Å². The van der Waals surface area contributed by atoms with Crippen molar-refractivity contribution in [2.75, 3.05) is 6.61 Å². The van der Waals surface area contributed by atoms with Crippen LogP contribution in [0.1, 0.15) is 64.7 Å². The van der Waals surface area contributed by atoms with Crippen molar-refractivity contribution in [2.45, 2.75) is 64.7 Å². The highest BCUT2D eigenvalue weighted by Gasteiger charge is 2.09. The topological polar surface area (TPSA) is 26.3 Å².